The number of amides is 1. The molecule has 170 valence electrons. The molecule has 0 saturated carbocycles. The molecule has 8 nitrogen and oxygen atoms in total. The minimum atomic E-state index is -0.559. The van der Waals surface area contributed by atoms with Crippen molar-refractivity contribution in [3.8, 4) is 23.3 Å². The van der Waals surface area contributed by atoms with Crippen LogP contribution in [0.25, 0.3) is 0 Å². The number of carbonyl (C=O) groups excluding carboxylic acids is 2. The predicted molar refractivity (Wildman–Crippen MR) is 118 cm³/mol. The van der Waals surface area contributed by atoms with Crippen LogP contribution in [0, 0.1) is 11.3 Å². The number of nitrogens with zero attached hydrogens (tertiary/aromatic N) is 1. The third kappa shape index (κ3) is 8.19. The fraction of sp³-hybridized carbons (Fsp3) is 0.375. The third-order valence-electron chi connectivity index (χ3n) is 3.91. The molecule has 8 heteroatoms. The van der Waals surface area contributed by atoms with Gasteiger partial charge in [-0.2, -0.15) is 5.26 Å². The van der Waals surface area contributed by atoms with Gasteiger partial charge in [-0.1, -0.05) is 0 Å². The lowest BCUT2D eigenvalue weighted by molar-refractivity contribution is 0.0516. The summed E-state index contributed by atoms with van der Waals surface area (Å²) in [6.45, 7) is 7.96. The second-order valence-corrected chi connectivity index (χ2v) is 7.75. The first-order chi connectivity index (χ1) is 15.2. The van der Waals surface area contributed by atoms with Crippen LogP contribution in [0.2, 0.25) is 0 Å². The second kappa shape index (κ2) is 11.6. The number of rotatable bonds is 9. The second-order valence-electron chi connectivity index (χ2n) is 7.75. The number of benzene rings is 2. The SMILES string of the molecule is CCOC(=O)c1cc(Oc2ccc(C#N)cc2)ccc1OCCCNC(=O)OC(C)(C)C. The van der Waals surface area contributed by atoms with Crippen LogP contribution in [0.4, 0.5) is 4.79 Å². The maximum Gasteiger partial charge on any atom is 0.407 e. The van der Waals surface area contributed by atoms with Crippen LogP contribution in [-0.2, 0) is 9.47 Å². The van der Waals surface area contributed by atoms with E-state index in [2.05, 4.69) is 5.32 Å². The van der Waals surface area contributed by atoms with E-state index in [0.717, 1.165) is 0 Å². The summed E-state index contributed by atoms with van der Waals surface area (Å²) in [5.74, 6) is 0.782. The summed E-state index contributed by atoms with van der Waals surface area (Å²) >= 11 is 0. The Bertz CT molecular complexity index is 958. The molecule has 0 fully saturated rings. The Kier molecular flexibility index (Phi) is 8.90. The standard InChI is InChI=1S/C24H28N2O6/c1-5-29-22(27)20-15-19(31-18-9-7-17(16-25)8-10-18)11-12-21(20)30-14-6-13-26-23(28)32-24(2,3)4/h7-12,15H,5-6,13-14H2,1-4H3,(H,26,28). The number of carbonyl (C=O) groups is 2. The van der Waals surface area contributed by atoms with Crippen molar-refractivity contribution in [1.29, 1.82) is 5.26 Å². The average molecular weight is 440 g/mol. The number of nitrogens with one attached hydrogen (secondary N) is 1. The highest BCUT2D eigenvalue weighted by Gasteiger charge is 2.17. The maximum atomic E-state index is 12.4. The predicted octanol–water partition coefficient (Wildman–Crippen LogP) is 4.82. The van der Waals surface area contributed by atoms with Crippen LogP contribution >= 0.6 is 0 Å². The Hall–Kier alpha value is -3.73. The summed E-state index contributed by atoms with van der Waals surface area (Å²) in [6, 6.07) is 13.5. The van der Waals surface area contributed by atoms with Gasteiger partial charge in [0.05, 0.1) is 24.8 Å². The van der Waals surface area contributed by atoms with E-state index in [1.165, 1.54) is 0 Å². The fourth-order valence-electron chi connectivity index (χ4n) is 2.56. The van der Waals surface area contributed by atoms with Crippen molar-refractivity contribution in [1.82, 2.24) is 5.32 Å². The van der Waals surface area contributed by atoms with Crippen molar-refractivity contribution in [2.75, 3.05) is 19.8 Å². The minimum absolute atomic E-state index is 0.221. The topological polar surface area (TPSA) is 107 Å². The molecule has 0 saturated heterocycles. The van der Waals surface area contributed by atoms with E-state index in [1.807, 2.05) is 6.07 Å². The molecule has 0 aromatic heterocycles. The number of esters is 1. The number of hydrogen-bond acceptors (Lipinski definition) is 7. The Balaban J connectivity index is 1.99. The molecule has 0 heterocycles. The molecule has 0 atom stereocenters. The zero-order valence-corrected chi connectivity index (χ0v) is 18.8. The van der Waals surface area contributed by atoms with Gasteiger partial charge in [-0.05, 0) is 76.6 Å². The lowest BCUT2D eigenvalue weighted by Crippen LogP contribution is -2.33. The largest absolute Gasteiger partial charge is 0.493 e. The van der Waals surface area contributed by atoms with Crippen molar-refractivity contribution < 1.29 is 28.5 Å². The summed E-state index contributed by atoms with van der Waals surface area (Å²) in [7, 11) is 0. The first kappa shape index (κ1) is 24.5. The zero-order valence-electron chi connectivity index (χ0n) is 18.8. The average Bonchev–Trinajstić information content (AvgIpc) is 2.73. The molecular weight excluding hydrogens is 412 g/mol. The smallest absolute Gasteiger partial charge is 0.407 e. The summed E-state index contributed by atoms with van der Waals surface area (Å²) in [5.41, 5.74) is 0.198. The van der Waals surface area contributed by atoms with Crippen LogP contribution < -0.4 is 14.8 Å². The van der Waals surface area contributed by atoms with Crippen LogP contribution in [0.5, 0.6) is 17.2 Å². The number of nitriles is 1. The van der Waals surface area contributed by atoms with Crippen LogP contribution in [0.15, 0.2) is 42.5 Å². The van der Waals surface area contributed by atoms with Gasteiger partial charge in [0.15, 0.2) is 0 Å². The molecule has 0 aliphatic rings. The molecule has 0 aliphatic heterocycles. The Labute approximate surface area is 188 Å². The molecule has 0 unspecified atom stereocenters. The molecule has 0 bridgehead atoms. The van der Waals surface area contributed by atoms with E-state index in [9.17, 15) is 9.59 Å². The monoisotopic (exact) mass is 440 g/mol. The van der Waals surface area contributed by atoms with E-state index in [-0.39, 0.29) is 18.8 Å². The summed E-state index contributed by atoms with van der Waals surface area (Å²) < 4.78 is 21.8. The zero-order chi connectivity index (χ0) is 23.6. The molecule has 2 aromatic rings. The molecule has 2 rings (SSSR count). The Morgan fingerprint density at radius 2 is 1.75 bits per heavy atom. The highest BCUT2D eigenvalue weighted by Crippen LogP contribution is 2.29. The highest BCUT2D eigenvalue weighted by molar-refractivity contribution is 5.93. The maximum absolute atomic E-state index is 12.4. The quantitative estimate of drug-likeness (QED) is 0.440. The van der Waals surface area contributed by atoms with E-state index in [0.29, 0.717) is 35.8 Å². The molecule has 0 spiro atoms. The first-order valence-corrected chi connectivity index (χ1v) is 10.3. The lowest BCUT2D eigenvalue weighted by Gasteiger charge is -2.19. The van der Waals surface area contributed by atoms with E-state index >= 15 is 0 Å². The van der Waals surface area contributed by atoms with Gasteiger partial charge in [-0.15, -0.1) is 0 Å². The molecule has 1 amide bonds. The van der Waals surface area contributed by atoms with Gasteiger partial charge in [0.25, 0.3) is 0 Å². The van der Waals surface area contributed by atoms with Crippen LogP contribution in [0.3, 0.4) is 0 Å². The van der Waals surface area contributed by atoms with Gasteiger partial charge in [0, 0.05) is 6.54 Å². The van der Waals surface area contributed by atoms with Gasteiger partial charge in [0.2, 0.25) is 0 Å². The van der Waals surface area contributed by atoms with E-state index in [1.54, 1.807) is 70.2 Å². The molecular formula is C24H28N2O6. The first-order valence-electron chi connectivity index (χ1n) is 10.3. The Morgan fingerprint density at radius 1 is 1.06 bits per heavy atom. The third-order valence-corrected chi connectivity index (χ3v) is 3.91. The van der Waals surface area contributed by atoms with Crippen molar-refractivity contribution in [3.05, 3.63) is 53.6 Å². The molecule has 0 radical (unpaired) electrons. The van der Waals surface area contributed by atoms with Crippen molar-refractivity contribution in [2.45, 2.75) is 39.7 Å². The van der Waals surface area contributed by atoms with Gasteiger partial charge < -0.3 is 24.3 Å². The number of ether oxygens (including phenoxy) is 4. The fourth-order valence-corrected chi connectivity index (χ4v) is 2.56. The molecule has 32 heavy (non-hydrogen) atoms. The van der Waals surface area contributed by atoms with Crippen LogP contribution in [-0.4, -0.2) is 37.4 Å². The Morgan fingerprint density at radius 3 is 2.38 bits per heavy atom. The summed E-state index contributed by atoms with van der Waals surface area (Å²) in [6.07, 6.45) is 0.0272. The molecule has 1 N–H and O–H groups in total. The van der Waals surface area contributed by atoms with E-state index in [4.69, 9.17) is 24.2 Å². The van der Waals surface area contributed by atoms with Gasteiger partial charge in [0.1, 0.15) is 28.4 Å². The van der Waals surface area contributed by atoms with Crippen LogP contribution in [0.1, 0.15) is 50.0 Å². The van der Waals surface area contributed by atoms with Gasteiger partial charge in [-0.3, -0.25) is 0 Å². The molecule has 0 aliphatic carbocycles. The minimum Gasteiger partial charge on any atom is -0.493 e. The van der Waals surface area contributed by atoms with Gasteiger partial charge in [-0.25, -0.2) is 9.59 Å². The van der Waals surface area contributed by atoms with Gasteiger partial charge >= 0.3 is 12.1 Å². The molecule has 2 aromatic carbocycles. The summed E-state index contributed by atoms with van der Waals surface area (Å²) in [5, 5.41) is 11.5. The highest BCUT2D eigenvalue weighted by atomic mass is 16.6. The normalized spacial score (nSPS) is 10.6. The van der Waals surface area contributed by atoms with Crippen molar-refractivity contribution in [2.24, 2.45) is 0 Å². The number of hydrogen-bond donors (Lipinski definition) is 1. The lowest BCUT2D eigenvalue weighted by atomic mass is 10.2. The van der Waals surface area contributed by atoms with E-state index < -0.39 is 17.7 Å². The summed E-state index contributed by atoms with van der Waals surface area (Å²) in [4.78, 5) is 24.1. The van der Waals surface area contributed by atoms with Crippen molar-refractivity contribution >= 4 is 12.1 Å². The number of alkyl carbamates (subject to hydrolysis) is 1. The van der Waals surface area contributed by atoms with Crippen molar-refractivity contribution in [3.63, 3.8) is 0 Å².